The Kier molecular flexibility index (Phi) is 5.11. The summed E-state index contributed by atoms with van der Waals surface area (Å²) in [5, 5.41) is 1.65. The highest BCUT2D eigenvalue weighted by Crippen LogP contribution is 2.34. The molecule has 3 rings (SSSR count). The molecule has 3 aromatic rings. The van der Waals surface area contributed by atoms with Crippen LogP contribution < -0.4 is 9.47 Å². The number of ether oxygens (including phenoxy) is 2. The summed E-state index contributed by atoms with van der Waals surface area (Å²) in [4.78, 5) is 4.12. The van der Waals surface area contributed by atoms with Gasteiger partial charge in [-0.3, -0.25) is 0 Å². The van der Waals surface area contributed by atoms with Crippen molar-refractivity contribution in [2.75, 3.05) is 7.11 Å². The fraction of sp³-hybridized carbons (Fsp3) is 0.235. The van der Waals surface area contributed by atoms with E-state index in [1.807, 2.05) is 13.8 Å². The lowest BCUT2D eigenvalue weighted by Crippen LogP contribution is -2.17. The van der Waals surface area contributed by atoms with E-state index in [-0.39, 0.29) is 17.1 Å². The van der Waals surface area contributed by atoms with Gasteiger partial charge in [-0.15, -0.1) is 13.2 Å². The topological polar surface area (TPSA) is 31.4 Å². The molecule has 3 nitrogen and oxygen atoms in total. The van der Waals surface area contributed by atoms with E-state index in [9.17, 15) is 17.6 Å². The van der Waals surface area contributed by atoms with E-state index in [1.54, 1.807) is 0 Å². The first-order valence-electron chi connectivity index (χ1n) is 7.20. The number of rotatable bonds is 2. The molecular formula is C17H15F4NO2. The lowest BCUT2D eigenvalue weighted by molar-refractivity contribution is -0.274. The molecule has 0 amide bonds. The molecule has 0 unspecified atom stereocenters. The summed E-state index contributed by atoms with van der Waals surface area (Å²) in [6, 6.07) is 7.85. The van der Waals surface area contributed by atoms with E-state index in [0.717, 1.165) is 6.07 Å². The quantitative estimate of drug-likeness (QED) is 0.458. The fourth-order valence-electron chi connectivity index (χ4n) is 2.28. The summed E-state index contributed by atoms with van der Waals surface area (Å²) >= 11 is 0. The van der Waals surface area contributed by atoms with Crippen LogP contribution in [0.2, 0.25) is 0 Å². The predicted molar refractivity (Wildman–Crippen MR) is 83.8 cm³/mol. The molecule has 0 radical (unpaired) electrons. The molecular weight excluding hydrogens is 326 g/mol. The molecule has 0 saturated heterocycles. The molecule has 0 atom stereocenters. The summed E-state index contributed by atoms with van der Waals surface area (Å²) in [7, 11) is 1.36. The zero-order valence-electron chi connectivity index (χ0n) is 13.2. The minimum absolute atomic E-state index is 0.131. The Morgan fingerprint density at radius 1 is 0.917 bits per heavy atom. The normalized spacial score (nSPS) is 11.1. The van der Waals surface area contributed by atoms with E-state index >= 15 is 0 Å². The lowest BCUT2D eigenvalue weighted by atomic mass is 10.1. The van der Waals surface area contributed by atoms with Crippen molar-refractivity contribution in [2.45, 2.75) is 20.2 Å². The standard InChI is InChI=1S/C15H9F4NO2.C2H6/c1-21-14-12-6-8(16)2-4-10(12)11-5-3-9(7-13(11)20-14)22-15(17,18)19;1-2/h2-7H,1H3;1-2H3. The number of halogens is 4. The lowest BCUT2D eigenvalue weighted by Gasteiger charge is -2.11. The van der Waals surface area contributed by atoms with Gasteiger partial charge >= 0.3 is 6.36 Å². The van der Waals surface area contributed by atoms with Crippen LogP contribution in [-0.2, 0) is 0 Å². The molecule has 128 valence electrons. The first kappa shape index (κ1) is 17.8. The van der Waals surface area contributed by atoms with Gasteiger partial charge in [0.1, 0.15) is 11.6 Å². The summed E-state index contributed by atoms with van der Waals surface area (Å²) < 4.78 is 59.2. The van der Waals surface area contributed by atoms with Crippen LogP contribution in [0.4, 0.5) is 17.6 Å². The average molecular weight is 341 g/mol. The van der Waals surface area contributed by atoms with E-state index in [2.05, 4.69) is 9.72 Å². The maximum Gasteiger partial charge on any atom is 0.573 e. The molecule has 0 bridgehead atoms. The van der Waals surface area contributed by atoms with Crippen molar-refractivity contribution in [3.8, 4) is 11.6 Å². The Labute approximate surface area is 135 Å². The number of nitrogens with zero attached hydrogens (tertiary/aromatic N) is 1. The van der Waals surface area contributed by atoms with E-state index < -0.39 is 12.2 Å². The third-order valence-electron chi connectivity index (χ3n) is 3.12. The third-order valence-corrected chi connectivity index (χ3v) is 3.12. The number of pyridine rings is 1. The first-order chi connectivity index (χ1) is 11.4. The van der Waals surface area contributed by atoms with Gasteiger partial charge in [0.15, 0.2) is 0 Å². The Hall–Kier alpha value is -2.57. The second-order valence-corrected chi connectivity index (χ2v) is 4.54. The van der Waals surface area contributed by atoms with Gasteiger partial charge in [-0.1, -0.05) is 19.9 Å². The van der Waals surface area contributed by atoms with Crippen molar-refractivity contribution in [3.05, 3.63) is 42.2 Å². The highest BCUT2D eigenvalue weighted by atomic mass is 19.4. The molecule has 7 heteroatoms. The van der Waals surface area contributed by atoms with Crippen LogP contribution in [0.1, 0.15) is 13.8 Å². The molecule has 2 aromatic carbocycles. The Bertz CT molecular complexity index is 862. The van der Waals surface area contributed by atoms with Gasteiger partial charge < -0.3 is 9.47 Å². The third kappa shape index (κ3) is 3.67. The highest BCUT2D eigenvalue weighted by molar-refractivity contribution is 6.08. The second kappa shape index (κ2) is 6.90. The smallest absolute Gasteiger partial charge is 0.481 e. The largest absolute Gasteiger partial charge is 0.573 e. The molecule has 1 aromatic heterocycles. The molecule has 0 fully saturated rings. The maximum absolute atomic E-state index is 13.4. The number of hydrogen-bond acceptors (Lipinski definition) is 3. The van der Waals surface area contributed by atoms with Crippen LogP contribution in [-0.4, -0.2) is 18.5 Å². The van der Waals surface area contributed by atoms with Crippen LogP contribution in [0, 0.1) is 5.82 Å². The Balaban J connectivity index is 0.00000100. The fourth-order valence-corrected chi connectivity index (χ4v) is 2.28. The number of fused-ring (bicyclic) bond motifs is 3. The van der Waals surface area contributed by atoms with Gasteiger partial charge in [-0.2, -0.15) is 0 Å². The molecule has 0 aliphatic carbocycles. The molecule has 0 spiro atoms. The van der Waals surface area contributed by atoms with Crippen molar-refractivity contribution in [2.24, 2.45) is 0 Å². The van der Waals surface area contributed by atoms with Gasteiger partial charge in [-0.05, 0) is 29.7 Å². The van der Waals surface area contributed by atoms with Crippen molar-refractivity contribution >= 4 is 21.7 Å². The Morgan fingerprint density at radius 3 is 2.21 bits per heavy atom. The maximum atomic E-state index is 13.4. The average Bonchev–Trinajstić information content (AvgIpc) is 2.54. The highest BCUT2D eigenvalue weighted by Gasteiger charge is 2.31. The van der Waals surface area contributed by atoms with E-state index in [0.29, 0.717) is 16.2 Å². The van der Waals surface area contributed by atoms with Gasteiger partial charge in [0.25, 0.3) is 0 Å². The SMILES string of the molecule is CC.COc1nc2cc(OC(F)(F)F)ccc2c2ccc(F)cc12. The van der Waals surface area contributed by atoms with Crippen LogP contribution in [0.25, 0.3) is 21.7 Å². The zero-order chi connectivity index (χ0) is 17.9. The number of alkyl halides is 3. The van der Waals surface area contributed by atoms with Crippen molar-refractivity contribution in [3.63, 3.8) is 0 Å². The molecule has 1 heterocycles. The van der Waals surface area contributed by atoms with E-state index in [4.69, 9.17) is 4.74 Å². The number of benzene rings is 2. The van der Waals surface area contributed by atoms with Crippen molar-refractivity contribution in [1.29, 1.82) is 0 Å². The summed E-state index contributed by atoms with van der Waals surface area (Å²) in [6.45, 7) is 4.00. The van der Waals surface area contributed by atoms with Crippen LogP contribution in [0.5, 0.6) is 11.6 Å². The summed E-state index contributed by atoms with van der Waals surface area (Å²) in [5.74, 6) is -0.703. The van der Waals surface area contributed by atoms with Gasteiger partial charge in [0.05, 0.1) is 12.6 Å². The zero-order valence-corrected chi connectivity index (χ0v) is 13.2. The van der Waals surface area contributed by atoms with Crippen molar-refractivity contribution < 1.29 is 27.0 Å². The Morgan fingerprint density at radius 2 is 1.58 bits per heavy atom. The van der Waals surface area contributed by atoms with Gasteiger partial charge in [0, 0.05) is 16.8 Å². The van der Waals surface area contributed by atoms with Crippen molar-refractivity contribution in [1.82, 2.24) is 4.98 Å². The predicted octanol–water partition coefficient (Wildman–Crippen LogP) is 5.46. The van der Waals surface area contributed by atoms with Crippen LogP contribution in [0.15, 0.2) is 36.4 Å². The second-order valence-electron chi connectivity index (χ2n) is 4.54. The van der Waals surface area contributed by atoms with Gasteiger partial charge in [0.2, 0.25) is 5.88 Å². The first-order valence-corrected chi connectivity index (χ1v) is 7.20. The minimum atomic E-state index is -4.78. The number of methoxy groups -OCH3 is 1. The molecule has 24 heavy (non-hydrogen) atoms. The monoisotopic (exact) mass is 341 g/mol. The summed E-state index contributed by atoms with van der Waals surface area (Å²) in [6.07, 6.45) is -4.78. The number of hydrogen-bond donors (Lipinski definition) is 0. The molecule has 0 saturated carbocycles. The molecule has 0 aliphatic rings. The molecule has 0 N–H and O–H groups in total. The van der Waals surface area contributed by atoms with Crippen LogP contribution >= 0.6 is 0 Å². The van der Waals surface area contributed by atoms with E-state index in [1.165, 1.54) is 37.4 Å². The minimum Gasteiger partial charge on any atom is -0.481 e. The van der Waals surface area contributed by atoms with Crippen LogP contribution in [0.3, 0.4) is 0 Å². The molecule has 0 aliphatic heterocycles. The summed E-state index contributed by atoms with van der Waals surface area (Å²) in [5.41, 5.74) is 0.262. The number of aromatic nitrogens is 1. The van der Waals surface area contributed by atoms with Gasteiger partial charge in [-0.25, -0.2) is 9.37 Å².